The van der Waals surface area contributed by atoms with E-state index < -0.39 is 6.04 Å². The van der Waals surface area contributed by atoms with Crippen molar-refractivity contribution in [3.63, 3.8) is 0 Å². The minimum Gasteiger partial charge on any atom is -0.396 e. The normalized spacial score (nSPS) is 20.3. The molecule has 7 nitrogen and oxygen atoms in total. The molecule has 8 heteroatoms. The third-order valence-corrected chi connectivity index (χ3v) is 5.30. The van der Waals surface area contributed by atoms with Gasteiger partial charge in [0.2, 0.25) is 0 Å². The highest BCUT2D eigenvalue weighted by Crippen LogP contribution is 2.24. The number of urea groups is 1. The first kappa shape index (κ1) is 17.6. The number of aliphatic hydroxyl groups excluding tert-OH is 1. The summed E-state index contributed by atoms with van der Waals surface area (Å²) in [5.74, 6) is 0.897. The van der Waals surface area contributed by atoms with Gasteiger partial charge in [0.05, 0.1) is 0 Å². The van der Waals surface area contributed by atoms with Gasteiger partial charge in [0.15, 0.2) is 0 Å². The fraction of sp³-hybridized carbons (Fsp3) is 0.412. The summed E-state index contributed by atoms with van der Waals surface area (Å²) in [7, 11) is 3.13. The number of nitrogens with zero attached hydrogens (tertiary/aromatic N) is 4. The Kier molecular flexibility index (Phi) is 5.19. The summed E-state index contributed by atoms with van der Waals surface area (Å²) in [4.78, 5) is 32.1. The Balaban J connectivity index is 1.95. The van der Waals surface area contributed by atoms with Crippen LogP contribution in [0.4, 0.5) is 4.79 Å². The lowest BCUT2D eigenvalue weighted by atomic mass is 10.1. The molecule has 3 amide bonds. The molecule has 1 atom stereocenters. The Morgan fingerprint density at radius 1 is 1.20 bits per heavy atom. The summed E-state index contributed by atoms with van der Waals surface area (Å²) < 4.78 is 1.94. The van der Waals surface area contributed by atoms with E-state index in [9.17, 15) is 9.59 Å². The maximum absolute atomic E-state index is 12.7. The number of benzene rings is 1. The third-order valence-electron chi connectivity index (χ3n) is 4.22. The monoisotopic (exact) mass is 361 g/mol. The average Bonchev–Trinajstić information content (AvgIpc) is 2.98. The van der Waals surface area contributed by atoms with Gasteiger partial charge in [-0.3, -0.25) is 14.6 Å². The molecular weight excluding hydrogens is 340 g/mol. The topological polar surface area (TPSA) is 76.2 Å². The molecule has 0 saturated carbocycles. The number of fused-ring (bicyclic) bond motifs is 1. The quantitative estimate of drug-likeness (QED) is 0.626. The Hall–Kier alpha value is -2.19. The number of imide groups is 1. The van der Waals surface area contributed by atoms with Crippen LogP contribution in [0.2, 0.25) is 0 Å². The smallest absolute Gasteiger partial charge is 0.358 e. The van der Waals surface area contributed by atoms with Gasteiger partial charge >= 0.3 is 11.2 Å². The average molecular weight is 361 g/mol. The number of carbonyl (C=O) groups excluding carboxylic acids is 2. The zero-order valence-electron chi connectivity index (χ0n) is 14.3. The van der Waals surface area contributed by atoms with Crippen LogP contribution < -0.4 is 0 Å². The molecule has 1 N–H and O–H groups in total. The Labute approximate surface area is 150 Å². The predicted octanol–water partition coefficient (Wildman–Crippen LogP) is 0.975. The van der Waals surface area contributed by atoms with Crippen molar-refractivity contribution in [3.8, 4) is 0 Å². The van der Waals surface area contributed by atoms with Crippen molar-refractivity contribution in [1.29, 1.82) is 0 Å². The summed E-state index contributed by atoms with van der Waals surface area (Å²) in [5.41, 5.74) is 1.06. The molecule has 2 heterocycles. The molecule has 1 aromatic carbocycles. The first-order chi connectivity index (χ1) is 12.0. The second kappa shape index (κ2) is 7.37. The molecular formula is C17H21N4O3S+. The zero-order valence-corrected chi connectivity index (χ0v) is 15.1. The number of amidine groups is 2. The molecule has 2 aliphatic heterocycles. The van der Waals surface area contributed by atoms with Crippen LogP contribution in [0.3, 0.4) is 0 Å². The van der Waals surface area contributed by atoms with Gasteiger partial charge in [-0.2, -0.15) is 0 Å². The summed E-state index contributed by atoms with van der Waals surface area (Å²) in [6.45, 7) is 0.639. The molecule has 1 unspecified atom stereocenters. The standard InChI is InChI=1S/C17H21N4O3S/c1-19-14-13(15(23)20(2)17(19)24)21(11-12-7-4-3-5-8-12)16(18-14)25-10-6-9-22/h3-5,7-8,13,22H,6,9-11H2,1-2H3/q+1. The number of hydrogen-bond donors (Lipinski definition) is 1. The second-order valence-electron chi connectivity index (χ2n) is 5.93. The van der Waals surface area contributed by atoms with Crippen molar-refractivity contribution < 1.29 is 19.3 Å². The van der Waals surface area contributed by atoms with Crippen molar-refractivity contribution in [2.24, 2.45) is 4.99 Å². The molecule has 2 aliphatic rings. The van der Waals surface area contributed by atoms with E-state index in [1.165, 1.54) is 23.7 Å². The first-order valence-electron chi connectivity index (χ1n) is 8.09. The van der Waals surface area contributed by atoms with Gasteiger partial charge < -0.3 is 5.11 Å². The van der Waals surface area contributed by atoms with Gasteiger partial charge in [0.1, 0.15) is 6.54 Å². The summed E-state index contributed by atoms with van der Waals surface area (Å²) in [6, 6.07) is 8.89. The van der Waals surface area contributed by atoms with E-state index in [0.717, 1.165) is 10.5 Å². The number of hydrogen-bond acceptors (Lipinski definition) is 5. The molecule has 0 aromatic heterocycles. The SMILES string of the molecule is CN1C(=O)C2C(=NC(SCCCO)=[N+]2Cc2ccccc2)N(C)C1=O. The number of thioether (sulfide) groups is 1. The number of amides is 3. The van der Waals surface area contributed by atoms with E-state index in [1.807, 2.05) is 34.9 Å². The highest BCUT2D eigenvalue weighted by atomic mass is 32.2. The zero-order chi connectivity index (χ0) is 18.0. The molecule has 1 fully saturated rings. The summed E-state index contributed by atoms with van der Waals surface area (Å²) in [5, 5.41) is 9.72. The molecule has 0 radical (unpaired) electrons. The number of aliphatic hydroxyl groups is 1. The molecule has 3 rings (SSSR count). The van der Waals surface area contributed by atoms with Crippen LogP contribution in [0.5, 0.6) is 0 Å². The number of likely N-dealkylation sites (N-methyl/N-ethyl adjacent to an activating group) is 2. The molecule has 132 valence electrons. The minimum absolute atomic E-state index is 0.110. The Morgan fingerprint density at radius 3 is 2.60 bits per heavy atom. The van der Waals surface area contributed by atoms with E-state index in [0.29, 0.717) is 29.7 Å². The lowest BCUT2D eigenvalue weighted by Crippen LogP contribution is -2.61. The Bertz CT molecular complexity index is 748. The summed E-state index contributed by atoms with van der Waals surface area (Å²) >= 11 is 1.49. The van der Waals surface area contributed by atoms with Crippen LogP contribution in [0, 0.1) is 0 Å². The fourth-order valence-electron chi connectivity index (χ4n) is 2.86. The van der Waals surface area contributed by atoms with E-state index in [1.54, 1.807) is 7.05 Å². The molecule has 1 aromatic rings. The number of rotatable bonds is 5. The maximum atomic E-state index is 12.7. The van der Waals surface area contributed by atoms with Gasteiger partial charge in [0.25, 0.3) is 17.8 Å². The Morgan fingerprint density at radius 2 is 1.92 bits per heavy atom. The number of carbonyl (C=O) groups is 2. The second-order valence-corrected chi connectivity index (χ2v) is 7.00. The molecule has 25 heavy (non-hydrogen) atoms. The highest BCUT2D eigenvalue weighted by molar-refractivity contribution is 8.13. The molecule has 0 spiro atoms. The van der Waals surface area contributed by atoms with Crippen LogP contribution in [-0.2, 0) is 11.3 Å². The molecule has 0 aliphatic carbocycles. The van der Waals surface area contributed by atoms with Crippen molar-refractivity contribution in [2.75, 3.05) is 26.5 Å². The van der Waals surface area contributed by atoms with Crippen LogP contribution in [0.25, 0.3) is 0 Å². The van der Waals surface area contributed by atoms with Gasteiger partial charge in [0, 0.05) is 26.5 Å². The third kappa shape index (κ3) is 3.32. The van der Waals surface area contributed by atoms with Crippen LogP contribution in [0.15, 0.2) is 35.3 Å². The minimum atomic E-state index is -0.593. The maximum Gasteiger partial charge on any atom is 0.358 e. The van der Waals surface area contributed by atoms with Crippen molar-refractivity contribution in [3.05, 3.63) is 35.9 Å². The van der Waals surface area contributed by atoms with Crippen LogP contribution >= 0.6 is 11.8 Å². The lowest BCUT2D eigenvalue weighted by Gasteiger charge is -2.30. The van der Waals surface area contributed by atoms with E-state index in [2.05, 4.69) is 4.99 Å². The van der Waals surface area contributed by atoms with E-state index >= 15 is 0 Å². The van der Waals surface area contributed by atoms with Crippen molar-refractivity contribution in [2.45, 2.75) is 19.0 Å². The molecule has 0 bridgehead atoms. The van der Waals surface area contributed by atoms with Gasteiger partial charge in [-0.15, -0.1) is 0 Å². The van der Waals surface area contributed by atoms with Gasteiger partial charge in [-0.25, -0.2) is 9.37 Å². The predicted molar refractivity (Wildman–Crippen MR) is 96.7 cm³/mol. The fourth-order valence-corrected chi connectivity index (χ4v) is 3.81. The largest absolute Gasteiger partial charge is 0.396 e. The summed E-state index contributed by atoms with van der Waals surface area (Å²) in [6.07, 6.45) is 0.644. The van der Waals surface area contributed by atoms with Gasteiger partial charge in [-0.1, -0.05) is 30.3 Å². The van der Waals surface area contributed by atoms with Crippen molar-refractivity contribution >= 4 is 34.7 Å². The van der Waals surface area contributed by atoms with Crippen molar-refractivity contribution in [1.82, 2.24) is 9.80 Å². The van der Waals surface area contributed by atoms with Gasteiger partial charge in [-0.05, 0) is 28.7 Å². The number of aliphatic imine (C=N–C) groups is 1. The lowest BCUT2D eigenvalue weighted by molar-refractivity contribution is -0.548. The van der Waals surface area contributed by atoms with Crippen LogP contribution in [-0.4, -0.2) is 74.9 Å². The highest BCUT2D eigenvalue weighted by Gasteiger charge is 2.53. The van der Waals surface area contributed by atoms with Crippen LogP contribution in [0.1, 0.15) is 12.0 Å². The first-order valence-corrected chi connectivity index (χ1v) is 9.08. The molecule has 1 saturated heterocycles. The van der Waals surface area contributed by atoms with E-state index in [-0.39, 0.29) is 18.5 Å². The van der Waals surface area contributed by atoms with E-state index in [4.69, 9.17) is 5.11 Å².